The molecule has 1 aromatic heterocycles. The third kappa shape index (κ3) is 5.61. The zero-order chi connectivity index (χ0) is 23.1. The average Bonchev–Trinajstić information content (AvgIpc) is 3.19. The molecule has 32 heavy (non-hydrogen) atoms. The molecule has 0 aliphatic rings. The van der Waals surface area contributed by atoms with E-state index in [1.807, 2.05) is 36.5 Å². The molecular formula is C23H19Cl2N3O4. The fraction of sp³-hybridized carbons (Fsp3) is 0.174. The van der Waals surface area contributed by atoms with Crippen LogP contribution < -0.4 is 10.1 Å². The Balaban J connectivity index is 1.66. The van der Waals surface area contributed by atoms with Gasteiger partial charge in [0.1, 0.15) is 11.6 Å². The number of H-pyrrole nitrogens is 1. The second-order valence-electron chi connectivity index (χ2n) is 6.71. The number of para-hydroxylation sites is 1. The van der Waals surface area contributed by atoms with Gasteiger partial charge in [-0.3, -0.25) is 4.79 Å². The van der Waals surface area contributed by atoms with Crippen LogP contribution in [-0.2, 0) is 20.7 Å². The van der Waals surface area contributed by atoms with Gasteiger partial charge in [0.25, 0.3) is 5.91 Å². The molecule has 1 heterocycles. The predicted octanol–water partition coefficient (Wildman–Crippen LogP) is 4.29. The first-order valence-corrected chi connectivity index (χ1v) is 10.3. The first-order chi connectivity index (χ1) is 15.4. The molecular weight excluding hydrogens is 453 g/mol. The number of halogens is 2. The molecule has 0 bridgehead atoms. The van der Waals surface area contributed by atoms with Gasteiger partial charge in [0, 0.05) is 23.6 Å². The van der Waals surface area contributed by atoms with Crippen LogP contribution in [0.5, 0.6) is 5.75 Å². The van der Waals surface area contributed by atoms with Crippen molar-refractivity contribution in [1.29, 1.82) is 5.26 Å². The SMILES string of the molecule is COC(=O)COc1c(Cl)cc(/C=C(/C#N)C(=O)NCCc2c[nH]c3ccccc23)cc1Cl. The van der Waals surface area contributed by atoms with Gasteiger partial charge in [-0.05, 0) is 41.8 Å². The van der Waals surface area contributed by atoms with Crippen LogP contribution in [0.4, 0.5) is 0 Å². The van der Waals surface area contributed by atoms with Gasteiger partial charge < -0.3 is 19.8 Å². The second kappa shape index (κ2) is 10.7. The largest absolute Gasteiger partial charge is 0.479 e. The van der Waals surface area contributed by atoms with Gasteiger partial charge in [0.2, 0.25) is 0 Å². The van der Waals surface area contributed by atoms with Crippen molar-refractivity contribution in [1.82, 2.24) is 10.3 Å². The molecule has 0 fully saturated rings. The Hall–Kier alpha value is -3.47. The molecule has 9 heteroatoms. The van der Waals surface area contributed by atoms with Crippen LogP contribution in [-0.4, -0.2) is 37.1 Å². The summed E-state index contributed by atoms with van der Waals surface area (Å²) < 4.78 is 9.77. The van der Waals surface area contributed by atoms with Crippen molar-refractivity contribution < 1.29 is 19.1 Å². The lowest BCUT2D eigenvalue weighted by Crippen LogP contribution is -2.26. The number of nitrogens with zero attached hydrogens (tertiary/aromatic N) is 1. The smallest absolute Gasteiger partial charge is 0.343 e. The molecule has 164 valence electrons. The number of nitriles is 1. The number of fused-ring (bicyclic) bond motifs is 1. The minimum absolute atomic E-state index is 0.0979. The summed E-state index contributed by atoms with van der Waals surface area (Å²) in [5, 5.41) is 13.5. The van der Waals surface area contributed by atoms with E-state index in [4.69, 9.17) is 27.9 Å². The number of amides is 1. The number of carbonyl (C=O) groups excluding carboxylic acids is 2. The average molecular weight is 472 g/mol. The standard InChI is InChI=1S/C23H19Cl2N3O4/c1-31-21(29)13-32-22-18(24)9-14(10-19(22)25)8-16(11-26)23(30)27-7-6-15-12-28-20-5-3-2-4-17(15)20/h2-5,8-10,12,28H,6-7,13H2,1H3,(H,27,30)/b16-8-. The third-order valence-corrected chi connectivity index (χ3v) is 5.18. The molecule has 3 rings (SSSR count). The Morgan fingerprint density at radius 1 is 1.22 bits per heavy atom. The molecule has 2 N–H and O–H groups in total. The Kier molecular flexibility index (Phi) is 7.77. The number of aromatic nitrogens is 1. The first-order valence-electron chi connectivity index (χ1n) is 9.56. The van der Waals surface area contributed by atoms with Gasteiger partial charge in [0.15, 0.2) is 12.4 Å². The summed E-state index contributed by atoms with van der Waals surface area (Å²) in [5.74, 6) is -0.986. The van der Waals surface area contributed by atoms with Gasteiger partial charge >= 0.3 is 5.97 Å². The summed E-state index contributed by atoms with van der Waals surface area (Å²) in [6.07, 6.45) is 3.90. The molecule has 0 atom stereocenters. The maximum absolute atomic E-state index is 12.5. The van der Waals surface area contributed by atoms with E-state index in [0.717, 1.165) is 16.5 Å². The van der Waals surface area contributed by atoms with Crippen LogP contribution in [0.25, 0.3) is 17.0 Å². The fourth-order valence-electron chi connectivity index (χ4n) is 3.05. The van der Waals surface area contributed by atoms with E-state index >= 15 is 0 Å². The summed E-state index contributed by atoms with van der Waals surface area (Å²) in [6.45, 7) is 0.00886. The van der Waals surface area contributed by atoms with Crippen molar-refractivity contribution in [3.05, 3.63) is 69.3 Å². The van der Waals surface area contributed by atoms with E-state index in [1.54, 1.807) is 0 Å². The number of hydrogen-bond donors (Lipinski definition) is 2. The molecule has 0 unspecified atom stereocenters. The van der Waals surface area contributed by atoms with Crippen molar-refractivity contribution in [3.8, 4) is 11.8 Å². The van der Waals surface area contributed by atoms with Crippen molar-refractivity contribution >= 4 is 52.1 Å². The van der Waals surface area contributed by atoms with Crippen LogP contribution in [0.1, 0.15) is 11.1 Å². The number of esters is 1. The molecule has 0 saturated heterocycles. The lowest BCUT2D eigenvalue weighted by atomic mass is 10.1. The highest BCUT2D eigenvalue weighted by Gasteiger charge is 2.14. The number of benzene rings is 2. The number of methoxy groups -OCH3 is 1. The Morgan fingerprint density at radius 3 is 2.62 bits per heavy atom. The maximum Gasteiger partial charge on any atom is 0.343 e. The van der Waals surface area contributed by atoms with E-state index < -0.39 is 11.9 Å². The van der Waals surface area contributed by atoms with Crippen molar-refractivity contribution in [3.63, 3.8) is 0 Å². The molecule has 3 aromatic rings. The summed E-state index contributed by atoms with van der Waals surface area (Å²) in [6, 6.07) is 12.8. The van der Waals surface area contributed by atoms with E-state index in [2.05, 4.69) is 15.0 Å². The van der Waals surface area contributed by atoms with Gasteiger partial charge in [-0.25, -0.2) is 4.79 Å². The highest BCUT2D eigenvalue weighted by molar-refractivity contribution is 6.37. The number of rotatable bonds is 8. The topological polar surface area (TPSA) is 104 Å². The second-order valence-corrected chi connectivity index (χ2v) is 7.53. The van der Waals surface area contributed by atoms with Crippen LogP contribution >= 0.6 is 23.2 Å². The molecule has 0 spiro atoms. The zero-order valence-electron chi connectivity index (χ0n) is 17.1. The van der Waals surface area contributed by atoms with Crippen molar-refractivity contribution in [2.45, 2.75) is 6.42 Å². The van der Waals surface area contributed by atoms with Crippen LogP contribution in [0.3, 0.4) is 0 Å². The number of hydrogen-bond acceptors (Lipinski definition) is 5. The maximum atomic E-state index is 12.5. The lowest BCUT2D eigenvalue weighted by molar-refractivity contribution is -0.142. The molecule has 2 aromatic carbocycles. The molecule has 0 aliphatic carbocycles. The monoisotopic (exact) mass is 471 g/mol. The van der Waals surface area contributed by atoms with Gasteiger partial charge in [-0.1, -0.05) is 41.4 Å². The Morgan fingerprint density at radius 2 is 1.94 bits per heavy atom. The van der Waals surface area contributed by atoms with Gasteiger partial charge in [-0.15, -0.1) is 0 Å². The third-order valence-electron chi connectivity index (χ3n) is 4.61. The number of aromatic amines is 1. The zero-order valence-corrected chi connectivity index (χ0v) is 18.6. The normalized spacial score (nSPS) is 11.1. The minimum atomic E-state index is -0.586. The molecule has 1 amide bonds. The van der Waals surface area contributed by atoms with Crippen molar-refractivity contribution in [2.24, 2.45) is 0 Å². The number of nitrogens with one attached hydrogen (secondary N) is 2. The van der Waals surface area contributed by atoms with E-state index in [1.165, 1.54) is 25.3 Å². The lowest BCUT2D eigenvalue weighted by Gasteiger charge is -2.10. The summed E-state index contributed by atoms with van der Waals surface area (Å²) in [4.78, 5) is 26.9. The quantitative estimate of drug-likeness (QED) is 0.289. The highest BCUT2D eigenvalue weighted by Crippen LogP contribution is 2.35. The van der Waals surface area contributed by atoms with Crippen LogP contribution in [0.2, 0.25) is 10.0 Å². The summed E-state index contributed by atoms with van der Waals surface area (Å²) in [7, 11) is 1.23. The number of carbonyl (C=O) groups is 2. The predicted molar refractivity (Wildman–Crippen MR) is 123 cm³/mol. The van der Waals surface area contributed by atoms with Crippen LogP contribution in [0.15, 0.2) is 48.2 Å². The molecule has 7 nitrogen and oxygen atoms in total. The minimum Gasteiger partial charge on any atom is -0.479 e. The Labute approximate surface area is 194 Å². The summed E-state index contributed by atoms with van der Waals surface area (Å²) in [5.41, 5.74) is 2.44. The fourth-order valence-corrected chi connectivity index (χ4v) is 3.66. The van der Waals surface area contributed by atoms with Gasteiger partial charge in [-0.2, -0.15) is 5.26 Å². The van der Waals surface area contributed by atoms with E-state index in [9.17, 15) is 14.9 Å². The molecule has 0 aliphatic heterocycles. The van der Waals surface area contributed by atoms with Gasteiger partial charge in [0.05, 0.1) is 17.2 Å². The number of ether oxygens (including phenoxy) is 2. The van der Waals surface area contributed by atoms with Crippen LogP contribution in [0, 0.1) is 11.3 Å². The highest BCUT2D eigenvalue weighted by atomic mass is 35.5. The van der Waals surface area contributed by atoms with E-state index in [-0.39, 0.29) is 28.0 Å². The molecule has 0 saturated carbocycles. The first kappa shape index (κ1) is 23.2. The summed E-state index contributed by atoms with van der Waals surface area (Å²) >= 11 is 12.4. The molecule has 0 radical (unpaired) electrons. The van der Waals surface area contributed by atoms with Crippen molar-refractivity contribution in [2.75, 3.05) is 20.3 Å². The van der Waals surface area contributed by atoms with E-state index in [0.29, 0.717) is 18.5 Å². The Bertz CT molecular complexity index is 1200.